The van der Waals surface area contributed by atoms with Gasteiger partial charge in [0, 0.05) is 25.1 Å². The minimum atomic E-state index is -4.21. The van der Waals surface area contributed by atoms with E-state index in [1.54, 1.807) is 49.6 Å². The van der Waals surface area contributed by atoms with Crippen molar-refractivity contribution < 1.29 is 27.5 Å². The molecule has 0 aliphatic heterocycles. The first kappa shape index (κ1) is 34.5. The van der Waals surface area contributed by atoms with Crippen molar-refractivity contribution in [2.45, 2.75) is 62.0 Å². The average molecular weight is 670 g/mol. The van der Waals surface area contributed by atoms with Gasteiger partial charge in [-0.1, -0.05) is 86.0 Å². The maximum atomic E-state index is 14.7. The maximum Gasteiger partial charge on any atom is 0.264 e. The van der Waals surface area contributed by atoms with Crippen LogP contribution >= 0.6 is 0 Å². The molecular formula is C38H43N3O6S. The highest BCUT2D eigenvalue weighted by molar-refractivity contribution is 7.92. The van der Waals surface area contributed by atoms with Gasteiger partial charge in [-0.25, -0.2) is 8.42 Å². The van der Waals surface area contributed by atoms with E-state index >= 15 is 0 Å². The lowest BCUT2D eigenvalue weighted by Gasteiger charge is -2.35. The Bertz CT molecular complexity index is 1760. The summed E-state index contributed by atoms with van der Waals surface area (Å²) in [6.45, 7) is -0.487. The van der Waals surface area contributed by atoms with E-state index in [1.165, 1.54) is 24.1 Å². The van der Waals surface area contributed by atoms with Gasteiger partial charge in [0.15, 0.2) is 0 Å². The Morgan fingerprint density at radius 3 is 2.04 bits per heavy atom. The van der Waals surface area contributed by atoms with Crippen LogP contribution in [0.1, 0.15) is 43.2 Å². The molecule has 0 aromatic heterocycles. The summed E-state index contributed by atoms with van der Waals surface area (Å²) < 4.78 is 40.4. The van der Waals surface area contributed by atoms with Gasteiger partial charge in [0.05, 0.1) is 24.8 Å². The molecule has 1 saturated carbocycles. The molecule has 2 amide bonds. The molecule has 0 unspecified atom stereocenters. The first-order valence-electron chi connectivity index (χ1n) is 16.3. The minimum absolute atomic E-state index is 0.0186. The van der Waals surface area contributed by atoms with E-state index in [0.717, 1.165) is 47.5 Å². The van der Waals surface area contributed by atoms with Gasteiger partial charge in [-0.05, 0) is 60.4 Å². The van der Waals surface area contributed by atoms with Crippen molar-refractivity contribution in [3.63, 3.8) is 0 Å². The lowest BCUT2D eigenvalue weighted by atomic mass is 9.94. The summed E-state index contributed by atoms with van der Waals surface area (Å²) in [6.07, 6.45) is 5.22. The summed E-state index contributed by atoms with van der Waals surface area (Å²) in [6, 6.07) is 30.6. The molecule has 1 fully saturated rings. The zero-order chi connectivity index (χ0) is 33.9. The van der Waals surface area contributed by atoms with E-state index in [4.69, 9.17) is 9.47 Å². The number of benzene rings is 4. The first-order valence-corrected chi connectivity index (χ1v) is 17.7. The summed E-state index contributed by atoms with van der Waals surface area (Å²) in [5.74, 6) is 0.256. The van der Waals surface area contributed by atoms with Crippen molar-refractivity contribution in [1.29, 1.82) is 0 Å². The van der Waals surface area contributed by atoms with E-state index in [1.807, 2.05) is 54.6 Å². The van der Waals surface area contributed by atoms with Gasteiger partial charge >= 0.3 is 0 Å². The first-order chi connectivity index (χ1) is 23.3. The molecule has 0 spiro atoms. The number of carbonyl (C=O) groups excluding carboxylic acids is 2. The van der Waals surface area contributed by atoms with E-state index in [0.29, 0.717) is 11.5 Å². The second kappa shape index (κ2) is 16.3. The van der Waals surface area contributed by atoms with Crippen LogP contribution in [-0.2, 0) is 32.6 Å². The van der Waals surface area contributed by atoms with Gasteiger partial charge in [-0.2, -0.15) is 0 Å². The molecule has 252 valence electrons. The zero-order valence-electron chi connectivity index (χ0n) is 27.5. The Labute approximate surface area is 283 Å². The maximum absolute atomic E-state index is 14.7. The Kier molecular flexibility index (Phi) is 11.7. The molecule has 0 heterocycles. The van der Waals surface area contributed by atoms with E-state index < -0.39 is 28.5 Å². The molecule has 4 aromatic rings. The van der Waals surface area contributed by atoms with Crippen molar-refractivity contribution in [2.75, 3.05) is 25.1 Å². The number of sulfonamides is 1. The van der Waals surface area contributed by atoms with Crippen LogP contribution in [-0.4, -0.2) is 58.0 Å². The monoisotopic (exact) mass is 669 g/mol. The molecule has 1 aliphatic rings. The standard InChI is InChI=1S/C38H43N3O6S/c1-46-33-20-12-16-30(24-33)27-40(36(25-29-14-6-3-7-15-29)38(43)39-31-17-8-4-9-18-31)37(42)28-41(32-19-13-21-34(26-32)47-2)48(44,45)35-22-10-5-11-23-35/h3,5-7,10-16,19-24,26,31,36H,4,8-9,17-18,25,27-28H2,1-2H3,(H,39,43)/t36-/m1/s1. The third-order valence-corrected chi connectivity index (χ3v) is 10.4. The van der Waals surface area contributed by atoms with Crippen molar-refractivity contribution in [3.05, 3.63) is 120 Å². The largest absolute Gasteiger partial charge is 0.497 e. The van der Waals surface area contributed by atoms with Crippen LogP contribution in [0.15, 0.2) is 114 Å². The number of amides is 2. The average Bonchev–Trinajstić information content (AvgIpc) is 3.13. The van der Waals surface area contributed by atoms with Crippen LogP contribution < -0.4 is 19.1 Å². The predicted molar refractivity (Wildman–Crippen MR) is 186 cm³/mol. The van der Waals surface area contributed by atoms with Crippen LogP contribution in [0.25, 0.3) is 0 Å². The van der Waals surface area contributed by atoms with E-state index in [-0.39, 0.29) is 35.5 Å². The normalized spacial score (nSPS) is 14.0. The lowest BCUT2D eigenvalue weighted by molar-refractivity contribution is -0.140. The number of methoxy groups -OCH3 is 2. The fraction of sp³-hybridized carbons (Fsp3) is 0.316. The zero-order valence-corrected chi connectivity index (χ0v) is 28.3. The molecule has 0 saturated heterocycles. The fourth-order valence-corrected chi connectivity index (χ4v) is 7.51. The molecule has 1 atom stereocenters. The number of nitrogens with zero attached hydrogens (tertiary/aromatic N) is 2. The van der Waals surface area contributed by atoms with Crippen molar-refractivity contribution in [3.8, 4) is 11.5 Å². The number of nitrogens with one attached hydrogen (secondary N) is 1. The summed E-state index contributed by atoms with van der Waals surface area (Å²) in [5.41, 5.74) is 1.88. The highest BCUT2D eigenvalue weighted by atomic mass is 32.2. The van der Waals surface area contributed by atoms with Gasteiger partial charge in [0.1, 0.15) is 24.1 Å². The number of rotatable bonds is 14. The molecule has 1 aliphatic carbocycles. The van der Waals surface area contributed by atoms with Crippen LogP contribution in [0.3, 0.4) is 0 Å². The molecule has 5 rings (SSSR count). The Hall–Kier alpha value is -4.83. The summed E-state index contributed by atoms with van der Waals surface area (Å²) in [7, 11) is -1.15. The van der Waals surface area contributed by atoms with Gasteiger partial charge in [-0.15, -0.1) is 0 Å². The van der Waals surface area contributed by atoms with Crippen molar-refractivity contribution in [2.24, 2.45) is 0 Å². The van der Waals surface area contributed by atoms with Gasteiger partial charge in [0.2, 0.25) is 11.8 Å². The van der Waals surface area contributed by atoms with Crippen molar-refractivity contribution in [1.82, 2.24) is 10.2 Å². The number of hydrogen-bond donors (Lipinski definition) is 1. The smallest absolute Gasteiger partial charge is 0.264 e. The highest BCUT2D eigenvalue weighted by Gasteiger charge is 2.35. The summed E-state index contributed by atoms with van der Waals surface area (Å²) >= 11 is 0. The molecule has 4 aromatic carbocycles. The second-order valence-corrected chi connectivity index (χ2v) is 13.8. The molecular weight excluding hydrogens is 627 g/mol. The summed E-state index contributed by atoms with van der Waals surface area (Å²) in [4.78, 5) is 30.5. The number of hydrogen-bond acceptors (Lipinski definition) is 6. The molecule has 10 heteroatoms. The van der Waals surface area contributed by atoms with E-state index in [9.17, 15) is 18.0 Å². The van der Waals surface area contributed by atoms with Crippen LogP contribution in [0.5, 0.6) is 11.5 Å². The summed E-state index contributed by atoms with van der Waals surface area (Å²) in [5, 5.41) is 3.23. The Balaban J connectivity index is 1.57. The number of carbonyl (C=O) groups is 2. The number of anilines is 1. The topological polar surface area (TPSA) is 105 Å². The Morgan fingerprint density at radius 1 is 0.771 bits per heavy atom. The van der Waals surface area contributed by atoms with Gasteiger partial charge in [0.25, 0.3) is 10.0 Å². The Morgan fingerprint density at radius 2 is 1.38 bits per heavy atom. The fourth-order valence-electron chi connectivity index (χ4n) is 6.08. The van der Waals surface area contributed by atoms with Crippen molar-refractivity contribution >= 4 is 27.5 Å². The molecule has 48 heavy (non-hydrogen) atoms. The van der Waals surface area contributed by atoms with Gasteiger partial charge < -0.3 is 19.7 Å². The molecule has 9 nitrogen and oxygen atoms in total. The third-order valence-electron chi connectivity index (χ3n) is 8.66. The molecule has 0 radical (unpaired) electrons. The van der Waals surface area contributed by atoms with Crippen LogP contribution in [0.2, 0.25) is 0 Å². The molecule has 0 bridgehead atoms. The van der Waals surface area contributed by atoms with Crippen LogP contribution in [0.4, 0.5) is 5.69 Å². The SMILES string of the molecule is COc1cccc(CN(C(=O)CN(c2cccc(OC)c2)S(=O)(=O)c2ccccc2)[C@H](Cc2ccccc2)C(=O)NC2CCCCC2)c1. The quantitative estimate of drug-likeness (QED) is 0.177. The minimum Gasteiger partial charge on any atom is -0.497 e. The van der Waals surface area contributed by atoms with Gasteiger partial charge in [-0.3, -0.25) is 13.9 Å². The van der Waals surface area contributed by atoms with Crippen LogP contribution in [0, 0.1) is 0 Å². The third kappa shape index (κ3) is 8.74. The molecule has 1 N–H and O–H groups in total. The van der Waals surface area contributed by atoms with E-state index in [2.05, 4.69) is 5.32 Å². The second-order valence-electron chi connectivity index (χ2n) is 11.9. The number of ether oxygens (including phenoxy) is 2. The predicted octanol–water partition coefficient (Wildman–Crippen LogP) is 5.99. The lowest BCUT2D eigenvalue weighted by Crippen LogP contribution is -2.55. The highest BCUT2D eigenvalue weighted by Crippen LogP contribution is 2.28.